The fourth-order valence-electron chi connectivity index (χ4n) is 0.947. The molecule has 20 heavy (non-hydrogen) atoms. The third-order valence-corrected chi connectivity index (χ3v) is 6.09. The average molecular weight is 406 g/mol. The van der Waals surface area contributed by atoms with Gasteiger partial charge in [-0.1, -0.05) is 27.7 Å². The van der Waals surface area contributed by atoms with Crippen molar-refractivity contribution in [2.45, 2.75) is 76.4 Å². The normalized spacial score (nSPS) is 8.40. The Bertz CT molecular complexity index is 72.5. The minimum absolute atomic E-state index is 0.528. The Morgan fingerprint density at radius 2 is 0.650 bits per heavy atom. The summed E-state index contributed by atoms with van der Waals surface area (Å²) < 4.78 is 0. The van der Waals surface area contributed by atoms with Gasteiger partial charge >= 0.3 is 79.6 Å². The summed E-state index contributed by atoms with van der Waals surface area (Å²) in [7, 11) is 0. The van der Waals surface area contributed by atoms with Crippen molar-refractivity contribution < 1.29 is 0 Å². The van der Waals surface area contributed by atoms with Crippen LogP contribution in [0.5, 0.6) is 0 Å². The molecule has 0 rings (SSSR count). The average Bonchev–Trinajstić information content (AvgIpc) is 2.44. The van der Waals surface area contributed by atoms with Crippen LogP contribution in [-0.2, 0) is 0 Å². The Morgan fingerprint density at radius 1 is 0.450 bits per heavy atom. The van der Waals surface area contributed by atoms with Gasteiger partial charge in [-0.25, -0.2) is 0 Å². The quantitative estimate of drug-likeness (QED) is 0.447. The van der Waals surface area contributed by atoms with Crippen LogP contribution in [-0.4, -0.2) is 57.0 Å². The number of hydrogen-bond acceptors (Lipinski definition) is 0. The minimum atomic E-state index is 0.528. The van der Waals surface area contributed by atoms with Crippen LogP contribution >= 0.6 is 0 Å². The Labute approximate surface area is 144 Å². The van der Waals surface area contributed by atoms with Gasteiger partial charge in [0, 0.05) is 0 Å². The SMILES string of the molecule is CC[N-]CC.CC[N-]CC.C[CH2][Ge][CH2]C.C[CH2][Ge][CH2]C. The molecule has 0 saturated carbocycles. The topological polar surface area (TPSA) is 28.2 Å². The Morgan fingerprint density at radius 3 is 0.650 bits per heavy atom. The van der Waals surface area contributed by atoms with E-state index in [1.54, 1.807) is 0 Å². The fraction of sp³-hybridized carbons (Fsp3) is 1.00. The van der Waals surface area contributed by atoms with Crippen LogP contribution < -0.4 is 0 Å². The van der Waals surface area contributed by atoms with Crippen LogP contribution in [0.25, 0.3) is 10.6 Å². The summed E-state index contributed by atoms with van der Waals surface area (Å²) in [6.45, 7) is 21.1. The van der Waals surface area contributed by atoms with Crippen LogP contribution in [0.3, 0.4) is 0 Å². The maximum absolute atomic E-state index is 3.97. The van der Waals surface area contributed by atoms with Crippen LogP contribution in [0.15, 0.2) is 0 Å². The van der Waals surface area contributed by atoms with E-state index in [2.05, 4.69) is 38.3 Å². The molecule has 0 unspecified atom stereocenters. The van der Waals surface area contributed by atoms with E-state index in [1.165, 1.54) is 21.0 Å². The molecule has 4 radical (unpaired) electrons. The molecule has 0 aromatic heterocycles. The third-order valence-electron chi connectivity index (χ3n) is 1.89. The van der Waals surface area contributed by atoms with E-state index >= 15 is 0 Å². The number of rotatable bonds is 8. The first-order chi connectivity index (χ1) is 9.66. The van der Waals surface area contributed by atoms with Crippen molar-refractivity contribution in [2.24, 2.45) is 0 Å². The Balaban J connectivity index is -0.0000000853. The summed E-state index contributed by atoms with van der Waals surface area (Å²) in [6.07, 6.45) is 0. The molecule has 4 heteroatoms. The monoisotopic (exact) mass is 408 g/mol. The summed E-state index contributed by atoms with van der Waals surface area (Å²) >= 11 is 1.06. The molecule has 0 aromatic carbocycles. The number of hydrogen-bond donors (Lipinski definition) is 0. The summed E-state index contributed by atoms with van der Waals surface area (Å²) in [5.74, 6) is 0. The van der Waals surface area contributed by atoms with Crippen molar-refractivity contribution in [1.29, 1.82) is 0 Å². The van der Waals surface area contributed by atoms with E-state index in [-0.39, 0.29) is 0 Å². The van der Waals surface area contributed by atoms with Crippen molar-refractivity contribution in [2.75, 3.05) is 26.2 Å². The van der Waals surface area contributed by atoms with Gasteiger partial charge in [-0.15, -0.1) is 0 Å². The molecule has 0 amide bonds. The van der Waals surface area contributed by atoms with Gasteiger partial charge < -0.3 is 10.6 Å². The van der Waals surface area contributed by atoms with Crippen LogP contribution in [0.4, 0.5) is 0 Å². The van der Waals surface area contributed by atoms with E-state index in [0.717, 1.165) is 26.2 Å². The van der Waals surface area contributed by atoms with Gasteiger partial charge in [-0.3, -0.25) is 0 Å². The fourth-order valence-corrected chi connectivity index (χ4v) is 3.05. The van der Waals surface area contributed by atoms with Gasteiger partial charge in [0.15, 0.2) is 0 Å². The van der Waals surface area contributed by atoms with E-state index in [1.807, 2.05) is 27.7 Å². The summed E-state index contributed by atoms with van der Waals surface area (Å²) in [5.41, 5.74) is 0. The van der Waals surface area contributed by atoms with Crippen LogP contribution in [0.2, 0.25) is 21.0 Å². The van der Waals surface area contributed by atoms with Gasteiger partial charge in [0.1, 0.15) is 0 Å². The molecule has 0 fully saturated rings. The molecule has 0 atom stereocenters. The van der Waals surface area contributed by atoms with Crippen molar-refractivity contribution in [3.05, 3.63) is 10.6 Å². The standard InChI is InChI=1S/2C4H10Ge.2C4H10N/c4*1-3-5-4-2/h4*3-4H2,1-2H3/q;;2*-1. The van der Waals surface area contributed by atoms with E-state index < -0.39 is 0 Å². The zero-order valence-corrected chi connectivity index (χ0v) is 19.7. The molecule has 0 aromatic rings. The Hall–Kier alpha value is 1.01. The van der Waals surface area contributed by atoms with Gasteiger partial charge in [0.05, 0.1) is 0 Å². The van der Waals surface area contributed by atoms with Gasteiger partial charge in [0.25, 0.3) is 0 Å². The Kier molecular flexibility index (Phi) is 62.1. The number of nitrogens with zero attached hydrogens (tertiary/aromatic N) is 2. The summed E-state index contributed by atoms with van der Waals surface area (Å²) in [5, 5.41) is 13.8. The van der Waals surface area contributed by atoms with E-state index in [0.29, 0.717) is 30.9 Å². The first-order valence-corrected chi connectivity index (χ1v) is 14.3. The van der Waals surface area contributed by atoms with Gasteiger partial charge in [0.2, 0.25) is 0 Å². The molecule has 0 spiro atoms. The molecular formula is C16H40Ge2N2-2. The first-order valence-electron chi connectivity index (χ1n) is 8.34. The molecule has 2 nitrogen and oxygen atoms in total. The maximum atomic E-state index is 3.97. The molecular weight excluding hydrogens is 365 g/mol. The van der Waals surface area contributed by atoms with Gasteiger partial charge in [-0.2, -0.15) is 26.2 Å². The summed E-state index contributed by atoms with van der Waals surface area (Å²) in [4.78, 5) is 0. The van der Waals surface area contributed by atoms with E-state index in [4.69, 9.17) is 0 Å². The second-order valence-corrected chi connectivity index (χ2v) is 11.7. The van der Waals surface area contributed by atoms with E-state index in [9.17, 15) is 0 Å². The van der Waals surface area contributed by atoms with Crippen molar-refractivity contribution in [3.8, 4) is 0 Å². The molecule has 0 N–H and O–H groups in total. The molecule has 0 aliphatic heterocycles. The predicted octanol–water partition coefficient (Wildman–Crippen LogP) is 5.93. The zero-order chi connectivity index (χ0) is 16.5. The molecule has 124 valence electrons. The molecule has 0 aliphatic carbocycles. The predicted molar refractivity (Wildman–Crippen MR) is 102 cm³/mol. The second-order valence-electron chi connectivity index (χ2n) is 3.63. The molecule has 0 bridgehead atoms. The van der Waals surface area contributed by atoms with Crippen molar-refractivity contribution in [3.63, 3.8) is 0 Å². The van der Waals surface area contributed by atoms with Crippen LogP contribution in [0.1, 0.15) is 55.4 Å². The molecule has 0 saturated heterocycles. The van der Waals surface area contributed by atoms with Crippen molar-refractivity contribution >= 4 is 30.9 Å². The molecule has 0 aliphatic rings. The van der Waals surface area contributed by atoms with Crippen molar-refractivity contribution in [1.82, 2.24) is 0 Å². The molecule has 0 heterocycles. The second kappa shape index (κ2) is 42.7. The van der Waals surface area contributed by atoms with Gasteiger partial charge in [-0.05, 0) is 0 Å². The van der Waals surface area contributed by atoms with Crippen LogP contribution in [0, 0.1) is 0 Å². The zero-order valence-electron chi connectivity index (χ0n) is 15.6. The first kappa shape index (κ1) is 29.1. The summed E-state index contributed by atoms with van der Waals surface area (Å²) in [6, 6.07) is 0. The third kappa shape index (κ3) is 76.0.